The van der Waals surface area contributed by atoms with Crippen molar-refractivity contribution in [2.75, 3.05) is 52.5 Å². The maximum atomic E-state index is 13.2. The molecule has 3 aliphatic rings. The number of carbonyl (C=O) groups excluding carboxylic acids is 2. The molecule has 1 aromatic carbocycles. The van der Waals surface area contributed by atoms with Crippen molar-refractivity contribution in [3.8, 4) is 0 Å². The molecule has 9 heteroatoms. The number of imide groups is 1. The number of nitro groups is 1. The fraction of sp³-hybridized carbons (Fsp3) is 0.524. The first-order valence-corrected chi connectivity index (χ1v) is 10.5. The van der Waals surface area contributed by atoms with Crippen LogP contribution in [0, 0.1) is 10.1 Å². The third kappa shape index (κ3) is 4.08. The Morgan fingerprint density at radius 1 is 0.933 bits per heavy atom. The molecule has 0 saturated carbocycles. The van der Waals surface area contributed by atoms with Crippen LogP contribution < -0.4 is 0 Å². The highest BCUT2D eigenvalue weighted by Crippen LogP contribution is 2.34. The number of ether oxygens (including phenoxy) is 1. The maximum absolute atomic E-state index is 13.2. The molecule has 160 valence electrons. The minimum absolute atomic E-state index is 0.0405. The summed E-state index contributed by atoms with van der Waals surface area (Å²) < 4.78 is 5.36. The van der Waals surface area contributed by atoms with E-state index < -0.39 is 4.92 Å². The van der Waals surface area contributed by atoms with Crippen molar-refractivity contribution < 1.29 is 19.2 Å². The quantitative estimate of drug-likeness (QED) is 0.379. The topological polar surface area (TPSA) is 96.2 Å². The van der Waals surface area contributed by atoms with Crippen molar-refractivity contribution in [1.82, 2.24) is 14.7 Å². The zero-order chi connectivity index (χ0) is 21.1. The number of hydrogen-bond donors (Lipinski definition) is 0. The lowest BCUT2D eigenvalue weighted by molar-refractivity contribution is -0.384. The van der Waals surface area contributed by atoms with Crippen molar-refractivity contribution in [1.29, 1.82) is 0 Å². The van der Waals surface area contributed by atoms with Crippen molar-refractivity contribution in [3.05, 3.63) is 45.6 Å². The van der Waals surface area contributed by atoms with Crippen LogP contribution in [0.3, 0.4) is 0 Å². The van der Waals surface area contributed by atoms with Gasteiger partial charge in [0.15, 0.2) is 0 Å². The zero-order valence-corrected chi connectivity index (χ0v) is 16.9. The van der Waals surface area contributed by atoms with Gasteiger partial charge in [-0.2, -0.15) is 0 Å². The Labute approximate surface area is 175 Å². The Bertz CT molecular complexity index is 855. The minimum atomic E-state index is -0.473. The Balaban J connectivity index is 1.54. The monoisotopic (exact) mass is 414 g/mol. The number of nitro benzene ring substituents is 1. The van der Waals surface area contributed by atoms with Crippen LogP contribution in [0.5, 0.6) is 0 Å². The second kappa shape index (κ2) is 8.93. The van der Waals surface area contributed by atoms with Crippen LogP contribution in [0.15, 0.2) is 30.0 Å². The molecule has 0 N–H and O–H groups in total. The number of non-ortho nitro benzene ring substituents is 1. The van der Waals surface area contributed by atoms with E-state index in [2.05, 4.69) is 4.90 Å². The SMILES string of the molecule is O=C1C(c2ccc([N+](=O)[O-])cc2)=C(N2CCCC2)C(=O)N1CCCN1CCOCC1. The summed E-state index contributed by atoms with van der Waals surface area (Å²) in [6.07, 6.45) is 2.67. The maximum Gasteiger partial charge on any atom is 0.277 e. The molecule has 3 aliphatic heterocycles. The van der Waals surface area contributed by atoms with Gasteiger partial charge in [0.2, 0.25) is 0 Å². The van der Waals surface area contributed by atoms with Gasteiger partial charge in [-0.1, -0.05) is 0 Å². The van der Waals surface area contributed by atoms with E-state index in [-0.39, 0.29) is 17.5 Å². The fourth-order valence-electron chi connectivity index (χ4n) is 4.29. The average Bonchev–Trinajstić information content (AvgIpc) is 3.36. The summed E-state index contributed by atoms with van der Waals surface area (Å²) >= 11 is 0. The summed E-state index contributed by atoms with van der Waals surface area (Å²) in [5, 5.41) is 11.0. The number of nitrogens with zero attached hydrogens (tertiary/aromatic N) is 4. The molecule has 0 spiro atoms. The van der Waals surface area contributed by atoms with Crippen LogP contribution in [0.25, 0.3) is 5.57 Å². The van der Waals surface area contributed by atoms with Gasteiger partial charge >= 0.3 is 0 Å². The molecular formula is C21H26N4O5. The summed E-state index contributed by atoms with van der Waals surface area (Å²) in [4.78, 5) is 42.5. The Kier molecular flexibility index (Phi) is 6.10. The molecule has 30 heavy (non-hydrogen) atoms. The van der Waals surface area contributed by atoms with Gasteiger partial charge in [0.1, 0.15) is 5.70 Å². The zero-order valence-electron chi connectivity index (χ0n) is 16.9. The molecule has 0 atom stereocenters. The largest absolute Gasteiger partial charge is 0.379 e. The minimum Gasteiger partial charge on any atom is -0.379 e. The molecule has 0 aliphatic carbocycles. The van der Waals surface area contributed by atoms with Crippen LogP contribution in [-0.4, -0.2) is 83.9 Å². The highest BCUT2D eigenvalue weighted by molar-refractivity contribution is 6.35. The fourth-order valence-corrected chi connectivity index (χ4v) is 4.29. The van der Waals surface area contributed by atoms with Gasteiger partial charge in [-0.3, -0.25) is 29.5 Å². The number of rotatable bonds is 7. The normalized spacial score (nSPS) is 20.5. The summed E-state index contributed by atoms with van der Waals surface area (Å²) in [7, 11) is 0. The number of amides is 2. The lowest BCUT2D eigenvalue weighted by atomic mass is 10.0. The summed E-state index contributed by atoms with van der Waals surface area (Å²) in [6.45, 7) is 5.83. The first kappa shape index (κ1) is 20.5. The van der Waals surface area contributed by atoms with Crippen LogP contribution in [0.1, 0.15) is 24.8 Å². The first-order chi connectivity index (χ1) is 14.6. The molecule has 0 bridgehead atoms. The third-order valence-electron chi connectivity index (χ3n) is 5.89. The van der Waals surface area contributed by atoms with Crippen LogP contribution in [-0.2, 0) is 14.3 Å². The first-order valence-electron chi connectivity index (χ1n) is 10.5. The second-order valence-corrected chi connectivity index (χ2v) is 7.79. The lowest BCUT2D eigenvalue weighted by Crippen LogP contribution is -2.40. The number of carbonyl (C=O) groups is 2. The Morgan fingerprint density at radius 3 is 2.23 bits per heavy atom. The van der Waals surface area contributed by atoms with Gasteiger partial charge in [-0.05, 0) is 37.0 Å². The van der Waals surface area contributed by atoms with Crippen molar-refractivity contribution in [3.63, 3.8) is 0 Å². The predicted octanol–water partition coefficient (Wildman–Crippen LogP) is 1.49. The van der Waals surface area contributed by atoms with E-state index >= 15 is 0 Å². The van der Waals surface area contributed by atoms with Gasteiger partial charge in [0, 0.05) is 51.4 Å². The van der Waals surface area contributed by atoms with E-state index in [4.69, 9.17) is 4.74 Å². The number of morpholine rings is 1. The molecule has 4 rings (SSSR count). The van der Waals surface area contributed by atoms with Crippen molar-refractivity contribution in [2.24, 2.45) is 0 Å². The molecule has 0 radical (unpaired) electrons. The van der Waals surface area contributed by atoms with Crippen molar-refractivity contribution in [2.45, 2.75) is 19.3 Å². The molecule has 0 unspecified atom stereocenters. The average molecular weight is 414 g/mol. The van der Waals surface area contributed by atoms with E-state index in [1.807, 2.05) is 4.90 Å². The van der Waals surface area contributed by atoms with E-state index in [1.54, 1.807) is 12.1 Å². The second-order valence-electron chi connectivity index (χ2n) is 7.79. The summed E-state index contributed by atoms with van der Waals surface area (Å²) in [5.74, 6) is -0.560. The summed E-state index contributed by atoms with van der Waals surface area (Å²) in [5.41, 5.74) is 1.32. The smallest absolute Gasteiger partial charge is 0.277 e. The van der Waals surface area contributed by atoms with Gasteiger partial charge < -0.3 is 9.64 Å². The summed E-state index contributed by atoms with van der Waals surface area (Å²) in [6, 6.07) is 5.88. The van der Waals surface area contributed by atoms with E-state index in [0.29, 0.717) is 43.0 Å². The van der Waals surface area contributed by atoms with E-state index in [9.17, 15) is 19.7 Å². The van der Waals surface area contributed by atoms with Crippen molar-refractivity contribution >= 4 is 23.1 Å². The number of hydrogen-bond acceptors (Lipinski definition) is 7. The van der Waals surface area contributed by atoms with Crippen LogP contribution >= 0.6 is 0 Å². The van der Waals surface area contributed by atoms with Crippen LogP contribution in [0.4, 0.5) is 5.69 Å². The molecule has 3 heterocycles. The molecule has 2 saturated heterocycles. The molecule has 1 aromatic rings. The molecule has 0 aromatic heterocycles. The number of benzene rings is 1. The molecule has 2 fully saturated rings. The number of likely N-dealkylation sites (tertiary alicyclic amines) is 1. The van der Waals surface area contributed by atoms with Gasteiger partial charge in [0.25, 0.3) is 17.5 Å². The highest BCUT2D eigenvalue weighted by atomic mass is 16.6. The van der Waals surface area contributed by atoms with Gasteiger partial charge in [-0.15, -0.1) is 0 Å². The third-order valence-corrected chi connectivity index (χ3v) is 5.89. The molecular weight excluding hydrogens is 388 g/mol. The highest BCUT2D eigenvalue weighted by Gasteiger charge is 2.41. The lowest BCUT2D eigenvalue weighted by Gasteiger charge is -2.27. The molecule has 2 amide bonds. The van der Waals surface area contributed by atoms with E-state index in [1.165, 1.54) is 17.0 Å². The Hall–Kier alpha value is -2.78. The van der Waals surface area contributed by atoms with Gasteiger partial charge in [0.05, 0.1) is 23.7 Å². The Morgan fingerprint density at radius 2 is 1.60 bits per heavy atom. The standard InChI is InChI=1S/C21H26N4O5/c26-20-18(16-4-6-17(7-5-16)25(28)29)19(23-9-1-2-10-23)21(27)24(20)11-3-8-22-12-14-30-15-13-22/h4-7H,1-3,8-15H2. The predicted molar refractivity (Wildman–Crippen MR) is 109 cm³/mol. The van der Waals surface area contributed by atoms with Gasteiger partial charge in [-0.25, -0.2) is 0 Å². The van der Waals surface area contributed by atoms with Crippen LogP contribution in [0.2, 0.25) is 0 Å². The van der Waals surface area contributed by atoms with E-state index in [0.717, 1.165) is 45.6 Å². The molecule has 9 nitrogen and oxygen atoms in total.